The number of carbonyl (C=O) groups is 1. The van der Waals surface area contributed by atoms with Crippen molar-refractivity contribution in [2.24, 2.45) is 5.73 Å². The predicted octanol–water partition coefficient (Wildman–Crippen LogP) is 2.23. The molecule has 21 heavy (non-hydrogen) atoms. The monoisotopic (exact) mass is 285 g/mol. The number of non-ortho nitro benzene ring substituents is 1. The average molecular weight is 285 g/mol. The number of hydrogen-bond donors (Lipinski definition) is 2. The number of hydrogen-bond acceptors (Lipinski definition) is 4. The lowest BCUT2D eigenvalue weighted by atomic mass is 10.1. The predicted molar refractivity (Wildman–Crippen MR) is 79.8 cm³/mol. The number of carbonyl (C=O) groups excluding carboxylic acids is 1. The van der Waals surface area contributed by atoms with Crippen LogP contribution in [0.4, 0.5) is 11.4 Å². The maximum absolute atomic E-state index is 12.0. The molecule has 2 rings (SSSR count). The molecule has 1 amide bonds. The summed E-state index contributed by atoms with van der Waals surface area (Å²) in [7, 11) is 0. The number of anilines is 1. The molecule has 0 aliphatic rings. The summed E-state index contributed by atoms with van der Waals surface area (Å²) in [5.41, 5.74) is 7.69. The first-order chi connectivity index (χ1) is 10.1. The van der Waals surface area contributed by atoms with Crippen LogP contribution in [0.3, 0.4) is 0 Å². The van der Waals surface area contributed by atoms with Crippen molar-refractivity contribution in [2.75, 3.05) is 5.32 Å². The highest BCUT2D eigenvalue weighted by Crippen LogP contribution is 2.15. The molecule has 0 aliphatic heterocycles. The van der Waals surface area contributed by atoms with Crippen LogP contribution in [0.15, 0.2) is 48.5 Å². The molecule has 0 spiro atoms. The van der Waals surface area contributed by atoms with E-state index in [-0.39, 0.29) is 18.0 Å². The van der Waals surface area contributed by atoms with Crippen LogP contribution in [-0.2, 0) is 17.8 Å². The zero-order valence-electron chi connectivity index (χ0n) is 11.3. The summed E-state index contributed by atoms with van der Waals surface area (Å²) < 4.78 is 0. The van der Waals surface area contributed by atoms with Crippen LogP contribution < -0.4 is 11.1 Å². The van der Waals surface area contributed by atoms with Gasteiger partial charge in [-0.25, -0.2) is 0 Å². The van der Waals surface area contributed by atoms with Crippen molar-refractivity contribution in [1.29, 1.82) is 0 Å². The lowest BCUT2D eigenvalue weighted by molar-refractivity contribution is -0.384. The number of nitrogens with zero attached hydrogens (tertiary/aromatic N) is 1. The maximum atomic E-state index is 12.0. The second-order valence-electron chi connectivity index (χ2n) is 4.56. The molecule has 0 aliphatic carbocycles. The topological polar surface area (TPSA) is 98.3 Å². The Morgan fingerprint density at radius 1 is 1.14 bits per heavy atom. The third-order valence-corrected chi connectivity index (χ3v) is 2.93. The fourth-order valence-electron chi connectivity index (χ4n) is 1.95. The van der Waals surface area contributed by atoms with Crippen molar-refractivity contribution in [3.63, 3.8) is 0 Å². The zero-order chi connectivity index (χ0) is 15.2. The van der Waals surface area contributed by atoms with Gasteiger partial charge in [-0.2, -0.15) is 0 Å². The molecule has 0 atom stereocenters. The van der Waals surface area contributed by atoms with Crippen LogP contribution >= 0.6 is 0 Å². The van der Waals surface area contributed by atoms with Crippen LogP contribution in [0.1, 0.15) is 11.1 Å². The Kier molecular flexibility index (Phi) is 4.63. The molecule has 0 bridgehead atoms. The van der Waals surface area contributed by atoms with E-state index in [0.717, 1.165) is 5.56 Å². The standard InChI is InChI=1S/C15H15N3O3/c16-10-12-4-1-5-13(7-12)17-15(19)9-11-3-2-6-14(8-11)18(20)21/h1-8H,9-10,16H2,(H,17,19). The summed E-state index contributed by atoms with van der Waals surface area (Å²) in [6.45, 7) is 0.397. The van der Waals surface area contributed by atoms with Gasteiger partial charge in [0.2, 0.25) is 5.91 Å². The number of nitro benzene ring substituents is 1. The Morgan fingerprint density at radius 2 is 1.86 bits per heavy atom. The highest BCUT2D eigenvalue weighted by atomic mass is 16.6. The minimum Gasteiger partial charge on any atom is -0.326 e. The quantitative estimate of drug-likeness (QED) is 0.650. The first kappa shape index (κ1) is 14.7. The van der Waals surface area contributed by atoms with Gasteiger partial charge in [0.05, 0.1) is 11.3 Å². The van der Waals surface area contributed by atoms with E-state index in [2.05, 4.69) is 5.32 Å². The molecule has 0 heterocycles. The minimum atomic E-state index is -0.480. The normalized spacial score (nSPS) is 10.1. The second kappa shape index (κ2) is 6.62. The number of amides is 1. The van der Waals surface area contributed by atoms with Crippen molar-refractivity contribution in [2.45, 2.75) is 13.0 Å². The Hall–Kier alpha value is -2.73. The van der Waals surface area contributed by atoms with Crippen molar-refractivity contribution >= 4 is 17.3 Å². The molecular formula is C15H15N3O3. The molecule has 108 valence electrons. The van der Waals surface area contributed by atoms with E-state index in [1.807, 2.05) is 12.1 Å². The van der Waals surface area contributed by atoms with E-state index < -0.39 is 4.92 Å². The number of nitrogens with two attached hydrogens (primary N) is 1. The van der Waals surface area contributed by atoms with E-state index in [1.54, 1.807) is 24.3 Å². The van der Waals surface area contributed by atoms with Gasteiger partial charge >= 0.3 is 0 Å². The van der Waals surface area contributed by atoms with E-state index in [9.17, 15) is 14.9 Å². The average Bonchev–Trinajstić information content (AvgIpc) is 2.47. The first-order valence-corrected chi connectivity index (χ1v) is 6.40. The van der Waals surface area contributed by atoms with Crippen LogP contribution in [0.2, 0.25) is 0 Å². The van der Waals surface area contributed by atoms with Gasteiger partial charge in [-0.05, 0) is 23.3 Å². The molecule has 3 N–H and O–H groups in total. The molecule has 0 radical (unpaired) electrons. The number of nitro groups is 1. The first-order valence-electron chi connectivity index (χ1n) is 6.40. The van der Waals surface area contributed by atoms with Gasteiger partial charge in [-0.3, -0.25) is 14.9 Å². The van der Waals surface area contributed by atoms with Crippen LogP contribution in [-0.4, -0.2) is 10.8 Å². The Balaban J connectivity index is 2.04. The van der Waals surface area contributed by atoms with E-state index in [1.165, 1.54) is 12.1 Å². The molecule has 2 aromatic rings. The summed E-state index contributed by atoms with van der Waals surface area (Å²) in [6.07, 6.45) is 0.0779. The van der Waals surface area contributed by atoms with Gasteiger partial charge in [0.25, 0.3) is 5.69 Å². The summed E-state index contributed by atoms with van der Waals surface area (Å²) in [6, 6.07) is 13.3. The van der Waals surface area contributed by atoms with Crippen molar-refractivity contribution in [3.05, 3.63) is 69.8 Å². The Bertz CT molecular complexity index is 671. The SMILES string of the molecule is NCc1cccc(NC(=O)Cc2cccc([N+](=O)[O-])c2)c1. The van der Waals surface area contributed by atoms with Gasteiger partial charge in [-0.1, -0.05) is 24.3 Å². The van der Waals surface area contributed by atoms with Crippen molar-refractivity contribution in [3.8, 4) is 0 Å². The third-order valence-electron chi connectivity index (χ3n) is 2.93. The van der Waals surface area contributed by atoms with Gasteiger partial charge in [-0.15, -0.1) is 0 Å². The Labute approximate surface area is 121 Å². The molecular weight excluding hydrogens is 270 g/mol. The number of rotatable bonds is 5. The van der Waals surface area contributed by atoms with E-state index in [4.69, 9.17) is 5.73 Å². The molecule has 2 aromatic carbocycles. The molecule has 0 saturated heterocycles. The Morgan fingerprint density at radius 3 is 2.57 bits per heavy atom. The summed E-state index contributed by atoms with van der Waals surface area (Å²) in [5, 5.41) is 13.4. The fourth-order valence-corrected chi connectivity index (χ4v) is 1.95. The molecule has 6 heteroatoms. The second-order valence-corrected chi connectivity index (χ2v) is 4.56. The highest BCUT2D eigenvalue weighted by molar-refractivity contribution is 5.92. The largest absolute Gasteiger partial charge is 0.326 e. The van der Waals surface area contributed by atoms with Crippen LogP contribution in [0.5, 0.6) is 0 Å². The van der Waals surface area contributed by atoms with Crippen molar-refractivity contribution in [1.82, 2.24) is 0 Å². The van der Waals surface area contributed by atoms with E-state index in [0.29, 0.717) is 17.8 Å². The lowest BCUT2D eigenvalue weighted by Gasteiger charge is -2.06. The van der Waals surface area contributed by atoms with Gasteiger partial charge < -0.3 is 11.1 Å². The van der Waals surface area contributed by atoms with Crippen LogP contribution in [0, 0.1) is 10.1 Å². The molecule has 6 nitrogen and oxygen atoms in total. The lowest BCUT2D eigenvalue weighted by Crippen LogP contribution is -2.14. The van der Waals surface area contributed by atoms with Gasteiger partial charge in [0.15, 0.2) is 0 Å². The smallest absolute Gasteiger partial charge is 0.269 e. The summed E-state index contributed by atoms with van der Waals surface area (Å²) >= 11 is 0. The highest BCUT2D eigenvalue weighted by Gasteiger charge is 2.09. The molecule has 0 saturated carbocycles. The molecule has 0 aromatic heterocycles. The molecule has 0 fully saturated rings. The minimum absolute atomic E-state index is 0.0228. The van der Waals surface area contributed by atoms with Crippen molar-refractivity contribution < 1.29 is 9.72 Å². The third kappa shape index (κ3) is 4.12. The van der Waals surface area contributed by atoms with Crippen LogP contribution in [0.25, 0.3) is 0 Å². The van der Waals surface area contributed by atoms with Gasteiger partial charge in [0, 0.05) is 24.4 Å². The van der Waals surface area contributed by atoms with E-state index >= 15 is 0 Å². The zero-order valence-corrected chi connectivity index (χ0v) is 11.3. The number of nitrogens with one attached hydrogen (secondary N) is 1. The molecule has 0 unspecified atom stereocenters. The fraction of sp³-hybridized carbons (Fsp3) is 0.133. The summed E-state index contributed by atoms with van der Waals surface area (Å²) in [4.78, 5) is 22.2. The maximum Gasteiger partial charge on any atom is 0.269 e. The summed E-state index contributed by atoms with van der Waals surface area (Å²) in [5.74, 6) is -0.232. The van der Waals surface area contributed by atoms with Gasteiger partial charge in [0.1, 0.15) is 0 Å². The number of benzene rings is 2.